The fourth-order valence-corrected chi connectivity index (χ4v) is 1.57. The Kier molecular flexibility index (Phi) is 4.52. The van der Waals surface area contributed by atoms with E-state index in [1.807, 2.05) is 0 Å². The van der Waals surface area contributed by atoms with Crippen molar-refractivity contribution in [1.82, 2.24) is 4.90 Å². The minimum Gasteiger partial charge on any atom is -0.463 e. The minimum atomic E-state index is -2.62. The van der Waals surface area contributed by atoms with Gasteiger partial charge in [-0.25, -0.2) is 13.6 Å². The van der Waals surface area contributed by atoms with Crippen molar-refractivity contribution in [3.63, 3.8) is 0 Å². The molecule has 1 saturated heterocycles. The Morgan fingerprint density at radius 2 is 2.07 bits per heavy atom. The van der Waals surface area contributed by atoms with Crippen molar-refractivity contribution in [3.8, 4) is 0 Å². The van der Waals surface area contributed by atoms with E-state index in [1.165, 1.54) is 0 Å². The van der Waals surface area contributed by atoms with Crippen LogP contribution in [0.3, 0.4) is 0 Å². The van der Waals surface area contributed by atoms with Crippen LogP contribution in [0.25, 0.3) is 0 Å². The number of ether oxygens (including phenoxy) is 1. The largest absolute Gasteiger partial charge is 0.463 e. The third kappa shape index (κ3) is 3.49. The molecule has 0 aliphatic carbocycles. The summed E-state index contributed by atoms with van der Waals surface area (Å²) in [5, 5.41) is 0. The van der Waals surface area contributed by atoms with E-state index in [2.05, 4.69) is 4.74 Å². The van der Waals surface area contributed by atoms with Gasteiger partial charge in [0.15, 0.2) is 0 Å². The van der Waals surface area contributed by atoms with E-state index in [1.54, 1.807) is 11.8 Å². The summed E-state index contributed by atoms with van der Waals surface area (Å²) < 4.78 is 29.9. The molecule has 0 aromatic rings. The van der Waals surface area contributed by atoms with E-state index in [0.717, 1.165) is 18.9 Å². The highest BCUT2D eigenvalue weighted by atomic mass is 19.3. The van der Waals surface area contributed by atoms with Crippen molar-refractivity contribution in [1.29, 1.82) is 0 Å². The number of alkyl halides is 2. The smallest absolute Gasteiger partial charge is 0.332 e. The Morgan fingerprint density at radius 3 is 2.53 bits per heavy atom. The van der Waals surface area contributed by atoms with E-state index >= 15 is 0 Å². The second-order valence-corrected chi connectivity index (χ2v) is 3.32. The van der Waals surface area contributed by atoms with E-state index < -0.39 is 12.4 Å². The summed E-state index contributed by atoms with van der Waals surface area (Å²) in [7, 11) is 0. The van der Waals surface area contributed by atoms with Crippen LogP contribution < -0.4 is 0 Å². The molecule has 0 atom stereocenters. The van der Waals surface area contributed by atoms with Crippen LogP contribution in [0.15, 0.2) is 11.8 Å². The van der Waals surface area contributed by atoms with E-state index in [4.69, 9.17) is 0 Å². The molecule has 0 unspecified atom stereocenters. The van der Waals surface area contributed by atoms with Gasteiger partial charge in [-0.3, -0.25) is 0 Å². The van der Waals surface area contributed by atoms with Crippen molar-refractivity contribution >= 4 is 5.97 Å². The zero-order chi connectivity index (χ0) is 11.3. The van der Waals surface area contributed by atoms with Crippen LogP contribution in [0, 0.1) is 0 Å². The summed E-state index contributed by atoms with van der Waals surface area (Å²) >= 11 is 0. The summed E-state index contributed by atoms with van der Waals surface area (Å²) in [5.74, 6) is -0.695. The lowest BCUT2D eigenvalue weighted by Crippen LogP contribution is -2.24. The summed E-state index contributed by atoms with van der Waals surface area (Å²) in [6.07, 6.45) is 0.0757. The third-order valence-electron chi connectivity index (χ3n) is 2.25. The normalized spacial score (nSPS) is 17.3. The van der Waals surface area contributed by atoms with Gasteiger partial charge in [0.05, 0.1) is 12.3 Å². The molecule has 15 heavy (non-hydrogen) atoms. The minimum absolute atomic E-state index is 0.200. The summed E-state index contributed by atoms with van der Waals surface area (Å²) in [6.45, 7) is 3.03. The topological polar surface area (TPSA) is 29.5 Å². The molecule has 0 spiro atoms. The molecule has 1 rings (SSSR count). The Balaban J connectivity index is 2.67. The molecule has 86 valence electrons. The first kappa shape index (κ1) is 11.9. The number of allylic oxidation sites excluding steroid dienone is 1. The van der Waals surface area contributed by atoms with Gasteiger partial charge >= 0.3 is 5.97 Å². The highest BCUT2D eigenvalue weighted by molar-refractivity contribution is 5.82. The summed E-state index contributed by atoms with van der Waals surface area (Å²) in [4.78, 5) is 12.6. The molecule has 0 radical (unpaired) electrons. The number of esters is 1. The average molecular weight is 219 g/mol. The zero-order valence-corrected chi connectivity index (χ0v) is 8.71. The van der Waals surface area contributed by atoms with Crippen LogP contribution in [0.5, 0.6) is 0 Å². The highest BCUT2D eigenvalue weighted by Gasteiger charge is 2.23. The average Bonchev–Trinajstić information content (AvgIpc) is 2.66. The van der Waals surface area contributed by atoms with Crippen molar-refractivity contribution in [3.05, 3.63) is 11.8 Å². The van der Waals surface area contributed by atoms with E-state index in [-0.39, 0.29) is 12.3 Å². The van der Waals surface area contributed by atoms with Crippen LogP contribution in [0.1, 0.15) is 19.8 Å². The SMILES string of the molecule is CCOC(=O)/C=C(/C(F)F)N1CCCC1. The van der Waals surface area contributed by atoms with E-state index in [9.17, 15) is 13.6 Å². The van der Waals surface area contributed by atoms with Gasteiger partial charge < -0.3 is 9.64 Å². The number of hydrogen-bond donors (Lipinski definition) is 0. The molecule has 0 bridgehead atoms. The number of carbonyl (C=O) groups excluding carboxylic acids is 1. The number of carbonyl (C=O) groups is 1. The summed E-state index contributed by atoms with van der Waals surface area (Å²) in [5.41, 5.74) is -0.217. The molecule has 0 aromatic heterocycles. The monoisotopic (exact) mass is 219 g/mol. The quantitative estimate of drug-likeness (QED) is 0.533. The molecule has 0 N–H and O–H groups in total. The standard InChI is InChI=1S/C10H15F2NO2/c1-2-15-9(14)7-8(10(11)12)13-5-3-4-6-13/h7,10H,2-6H2,1H3/b8-7-. The van der Waals surface area contributed by atoms with Crippen molar-refractivity contribution < 1.29 is 18.3 Å². The Bertz CT molecular complexity index is 248. The second-order valence-electron chi connectivity index (χ2n) is 3.32. The first-order chi connectivity index (χ1) is 7.15. The molecule has 1 heterocycles. The lowest BCUT2D eigenvalue weighted by Gasteiger charge is -2.20. The molecular formula is C10H15F2NO2. The number of rotatable bonds is 4. The van der Waals surface area contributed by atoms with Crippen LogP contribution in [-0.4, -0.2) is 37.0 Å². The fraction of sp³-hybridized carbons (Fsp3) is 0.700. The molecule has 5 heteroatoms. The number of hydrogen-bond acceptors (Lipinski definition) is 3. The van der Waals surface area contributed by atoms with Gasteiger partial charge in [-0.05, 0) is 19.8 Å². The lowest BCUT2D eigenvalue weighted by atomic mass is 10.3. The molecular weight excluding hydrogens is 204 g/mol. The van der Waals surface area contributed by atoms with Gasteiger partial charge in [-0.2, -0.15) is 0 Å². The number of nitrogens with zero attached hydrogens (tertiary/aromatic N) is 1. The predicted octanol–water partition coefficient (Wildman–Crippen LogP) is 1.79. The van der Waals surface area contributed by atoms with Crippen molar-refractivity contribution in [2.24, 2.45) is 0 Å². The van der Waals surface area contributed by atoms with Gasteiger partial charge in [0.1, 0.15) is 0 Å². The first-order valence-corrected chi connectivity index (χ1v) is 5.06. The maximum Gasteiger partial charge on any atom is 0.332 e. The Labute approximate surface area is 87.7 Å². The Hall–Kier alpha value is -1.13. The maximum atomic E-state index is 12.6. The van der Waals surface area contributed by atoms with Gasteiger partial charge in [0.2, 0.25) is 0 Å². The van der Waals surface area contributed by atoms with Crippen LogP contribution in [0.2, 0.25) is 0 Å². The molecule has 0 amide bonds. The molecule has 1 fully saturated rings. The van der Waals surface area contributed by atoms with Gasteiger partial charge in [-0.15, -0.1) is 0 Å². The first-order valence-electron chi connectivity index (χ1n) is 5.06. The molecule has 1 aliphatic heterocycles. The van der Waals surface area contributed by atoms with Crippen molar-refractivity contribution in [2.45, 2.75) is 26.2 Å². The van der Waals surface area contributed by atoms with E-state index in [0.29, 0.717) is 13.1 Å². The second kappa shape index (κ2) is 5.68. The Morgan fingerprint density at radius 1 is 1.47 bits per heavy atom. The lowest BCUT2D eigenvalue weighted by molar-refractivity contribution is -0.137. The zero-order valence-electron chi connectivity index (χ0n) is 8.71. The summed E-state index contributed by atoms with van der Waals surface area (Å²) in [6, 6.07) is 0. The molecule has 0 saturated carbocycles. The molecule has 3 nitrogen and oxygen atoms in total. The predicted molar refractivity (Wildman–Crippen MR) is 51.5 cm³/mol. The maximum absolute atomic E-state index is 12.6. The van der Waals surface area contributed by atoms with Crippen LogP contribution >= 0.6 is 0 Å². The third-order valence-corrected chi connectivity index (χ3v) is 2.25. The molecule has 1 aliphatic rings. The fourth-order valence-electron chi connectivity index (χ4n) is 1.57. The van der Waals surface area contributed by atoms with Crippen LogP contribution in [-0.2, 0) is 9.53 Å². The highest BCUT2D eigenvalue weighted by Crippen LogP contribution is 2.20. The number of halogens is 2. The van der Waals surface area contributed by atoms with Gasteiger partial charge in [0.25, 0.3) is 6.43 Å². The van der Waals surface area contributed by atoms with Gasteiger partial charge in [-0.1, -0.05) is 0 Å². The number of likely N-dealkylation sites (tertiary alicyclic amines) is 1. The van der Waals surface area contributed by atoms with Gasteiger partial charge in [0, 0.05) is 19.2 Å². The molecule has 0 aromatic carbocycles. The van der Waals surface area contributed by atoms with Crippen LogP contribution in [0.4, 0.5) is 8.78 Å². The van der Waals surface area contributed by atoms with Crippen molar-refractivity contribution in [2.75, 3.05) is 19.7 Å².